The fourth-order valence-electron chi connectivity index (χ4n) is 2.03. The normalized spacial score (nSPS) is 12.0. The average Bonchev–Trinajstić information content (AvgIpc) is 2.76. The maximum absolute atomic E-state index is 11.4. The summed E-state index contributed by atoms with van der Waals surface area (Å²) in [6.45, 7) is 4.68. The quantitative estimate of drug-likeness (QED) is 0.777. The Morgan fingerprint density at radius 1 is 1.27 bits per heavy atom. The summed E-state index contributed by atoms with van der Waals surface area (Å²) < 4.78 is 10.5. The van der Waals surface area contributed by atoms with Crippen LogP contribution in [0.3, 0.4) is 0 Å². The number of aliphatic carboxylic acids is 1. The van der Waals surface area contributed by atoms with Crippen LogP contribution in [0.2, 0.25) is 0 Å². The SMILES string of the molecule is CCCCCCC(=O)O.CCOc1cc2ccc1C(=O)CO2. The maximum atomic E-state index is 11.4. The predicted molar refractivity (Wildman–Crippen MR) is 83.8 cm³/mol. The number of hydrogen-bond acceptors (Lipinski definition) is 4. The highest BCUT2D eigenvalue weighted by Gasteiger charge is 2.18. The largest absolute Gasteiger partial charge is 0.493 e. The van der Waals surface area contributed by atoms with E-state index in [4.69, 9.17) is 14.6 Å². The van der Waals surface area contributed by atoms with Crippen LogP contribution in [0.5, 0.6) is 11.5 Å². The summed E-state index contributed by atoms with van der Waals surface area (Å²) in [6.07, 6.45) is 4.55. The average molecular weight is 308 g/mol. The van der Waals surface area contributed by atoms with Crippen molar-refractivity contribution >= 4 is 11.8 Å². The summed E-state index contributed by atoms with van der Waals surface area (Å²) in [5.74, 6) is 0.620. The van der Waals surface area contributed by atoms with E-state index in [0.29, 0.717) is 30.1 Å². The molecule has 0 amide bonds. The van der Waals surface area contributed by atoms with Crippen LogP contribution in [0.15, 0.2) is 18.2 Å². The number of ketones is 1. The molecule has 1 aromatic carbocycles. The van der Waals surface area contributed by atoms with Crippen molar-refractivity contribution in [3.8, 4) is 11.5 Å². The van der Waals surface area contributed by atoms with E-state index in [9.17, 15) is 9.59 Å². The number of fused-ring (bicyclic) bond motifs is 4. The van der Waals surface area contributed by atoms with Crippen molar-refractivity contribution in [1.82, 2.24) is 0 Å². The molecule has 0 unspecified atom stereocenters. The first-order chi connectivity index (χ1) is 10.6. The molecule has 1 N–H and O–H groups in total. The second-order valence-electron chi connectivity index (χ2n) is 5.01. The molecule has 0 aromatic heterocycles. The molecular formula is C17H24O5. The molecule has 1 aromatic rings. The Balaban J connectivity index is 0.000000239. The number of carboxylic acid groups (broad SMARTS) is 1. The number of carbonyl (C=O) groups excluding carboxylic acids is 1. The number of rotatable bonds is 7. The van der Waals surface area contributed by atoms with Crippen LogP contribution in [0.25, 0.3) is 0 Å². The fraction of sp³-hybridized carbons (Fsp3) is 0.529. The Hall–Kier alpha value is -2.04. The third kappa shape index (κ3) is 6.16. The van der Waals surface area contributed by atoms with Gasteiger partial charge in [-0.3, -0.25) is 9.59 Å². The van der Waals surface area contributed by atoms with Crippen LogP contribution in [0, 0.1) is 0 Å². The van der Waals surface area contributed by atoms with E-state index in [-0.39, 0.29) is 12.4 Å². The fourth-order valence-corrected chi connectivity index (χ4v) is 2.03. The summed E-state index contributed by atoms with van der Waals surface area (Å²) in [5, 5.41) is 8.21. The van der Waals surface area contributed by atoms with E-state index in [1.807, 2.05) is 6.92 Å². The van der Waals surface area contributed by atoms with Gasteiger partial charge in [-0.1, -0.05) is 26.2 Å². The zero-order valence-corrected chi connectivity index (χ0v) is 13.3. The van der Waals surface area contributed by atoms with Crippen molar-refractivity contribution in [2.45, 2.75) is 46.0 Å². The second kappa shape index (κ2) is 9.82. The predicted octanol–water partition coefficient (Wildman–Crippen LogP) is 3.70. The molecule has 0 saturated heterocycles. The van der Waals surface area contributed by atoms with Gasteiger partial charge in [-0.05, 0) is 25.5 Å². The van der Waals surface area contributed by atoms with Gasteiger partial charge in [0, 0.05) is 12.5 Å². The highest BCUT2D eigenvalue weighted by molar-refractivity contribution is 6.00. The monoisotopic (exact) mass is 308 g/mol. The number of carboxylic acids is 1. The lowest BCUT2D eigenvalue weighted by Gasteiger charge is -2.04. The summed E-state index contributed by atoms with van der Waals surface area (Å²) in [6, 6.07) is 5.28. The Morgan fingerprint density at radius 3 is 2.68 bits per heavy atom. The molecule has 2 aliphatic heterocycles. The van der Waals surface area contributed by atoms with E-state index in [1.165, 1.54) is 6.42 Å². The van der Waals surface area contributed by atoms with E-state index < -0.39 is 5.97 Å². The van der Waals surface area contributed by atoms with Crippen molar-refractivity contribution in [2.75, 3.05) is 13.2 Å². The van der Waals surface area contributed by atoms with Crippen LogP contribution < -0.4 is 9.47 Å². The molecule has 0 radical (unpaired) electrons. The molecule has 0 saturated carbocycles. The second-order valence-corrected chi connectivity index (χ2v) is 5.01. The van der Waals surface area contributed by atoms with Crippen LogP contribution >= 0.6 is 0 Å². The molecule has 0 atom stereocenters. The van der Waals surface area contributed by atoms with Gasteiger partial charge >= 0.3 is 5.97 Å². The molecule has 2 heterocycles. The van der Waals surface area contributed by atoms with Crippen molar-refractivity contribution in [2.24, 2.45) is 0 Å². The summed E-state index contributed by atoms with van der Waals surface area (Å²) in [4.78, 5) is 21.4. The van der Waals surface area contributed by atoms with E-state index in [2.05, 4.69) is 6.92 Å². The number of benzene rings is 1. The van der Waals surface area contributed by atoms with E-state index >= 15 is 0 Å². The Morgan fingerprint density at radius 2 is 2.05 bits per heavy atom. The molecule has 2 aliphatic rings. The van der Waals surface area contributed by atoms with Gasteiger partial charge in [0.05, 0.1) is 12.2 Å². The lowest BCUT2D eigenvalue weighted by atomic mass is 10.1. The van der Waals surface area contributed by atoms with Gasteiger partial charge in [0.1, 0.15) is 11.5 Å². The van der Waals surface area contributed by atoms with Crippen LogP contribution in [-0.4, -0.2) is 30.1 Å². The maximum Gasteiger partial charge on any atom is 0.303 e. The first kappa shape index (κ1) is 18.0. The van der Waals surface area contributed by atoms with Gasteiger partial charge in [0.2, 0.25) is 5.78 Å². The lowest BCUT2D eigenvalue weighted by molar-refractivity contribution is -0.137. The molecule has 0 spiro atoms. The van der Waals surface area contributed by atoms with Gasteiger partial charge in [0.15, 0.2) is 6.61 Å². The standard InChI is InChI=1S/C10H10O3.C7H14O2/c1-2-12-10-5-7-3-4-8(10)9(11)6-13-7;1-2-3-4-5-6-7(8)9/h3-5H,2,6H2,1H3;2-6H2,1H3,(H,8,9). The van der Waals surface area contributed by atoms with Crippen LogP contribution in [0.4, 0.5) is 0 Å². The van der Waals surface area contributed by atoms with Crippen LogP contribution in [-0.2, 0) is 4.79 Å². The van der Waals surface area contributed by atoms with Gasteiger partial charge in [-0.15, -0.1) is 0 Å². The molecular weight excluding hydrogens is 284 g/mol. The molecule has 122 valence electrons. The number of ether oxygens (including phenoxy) is 2. The van der Waals surface area contributed by atoms with Gasteiger partial charge < -0.3 is 14.6 Å². The molecule has 0 aliphatic carbocycles. The Bertz CT molecular complexity index is 496. The van der Waals surface area contributed by atoms with Gasteiger partial charge in [-0.2, -0.15) is 0 Å². The molecule has 0 fully saturated rings. The van der Waals surface area contributed by atoms with E-state index in [0.717, 1.165) is 19.3 Å². The minimum Gasteiger partial charge on any atom is -0.493 e. The molecule has 22 heavy (non-hydrogen) atoms. The number of carbonyl (C=O) groups is 2. The van der Waals surface area contributed by atoms with Gasteiger partial charge in [0.25, 0.3) is 0 Å². The summed E-state index contributed by atoms with van der Waals surface area (Å²) >= 11 is 0. The van der Waals surface area contributed by atoms with E-state index in [1.54, 1.807) is 18.2 Å². The molecule has 5 heteroatoms. The topological polar surface area (TPSA) is 72.8 Å². The lowest BCUT2D eigenvalue weighted by Crippen LogP contribution is -2.08. The summed E-state index contributed by atoms with van der Waals surface area (Å²) in [5.41, 5.74) is 0.614. The zero-order valence-electron chi connectivity index (χ0n) is 13.3. The van der Waals surface area contributed by atoms with Crippen LogP contribution in [0.1, 0.15) is 56.3 Å². The number of Topliss-reactive ketones (excluding diaryl/α,β-unsaturated/α-hetero) is 1. The molecule has 2 bridgehead atoms. The number of unbranched alkanes of at least 4 members (excludes halogenated alkanes) is 3. The highest BCUT2D eigenvalue weighted by Crippen LogP contribution is 2.28. The Labute approximate surface area is 131 Å². The van der Waals surface area contributed by atoms with Crippen molar-refractivity contribution in [3.05, 3.63) is 23.8 Å². The number of hydrogen-bond donors (Lipinski definition) is 1. The van der Waals surface area contributed by atoms with Crippen molar-refractivity contribution in [1.29, 1.82) is 0 Å². The van der Waals surface area contributed by atoms with Crippen molar-refractivity contribution in [3.63, 3.8) is 0 Å². The Kier molecular flexibility index (Phi) is 8.04. The molecule has 3 rings (SSSR count). The molecule has 5 nitrogen and oxygen atoms in total. The smallest absolute Gasteiger partial charge is 0.303 e. The first-order valence-corrected chi connectivity index (χ1v) is 7.73. The summed E-state index contributed by atoms with van der Waals surface area (Å²) in [7, 11) is 0. The van der Waals surface area contributed by atoms with Crippen molar-refractivity contribution < 1.29 is 24.2 Å². The highest BCUT2D eigenvalue weighted by atomic mass is 16.5. The first-order valence-electron chi connectivity index (χ1n) is 7.73. The minimum absolute atomic E-state index is 0.0246. The third-order valence-electron chi connectivity index (χ3n) is 3.17. The third-order valence-corrected chi connectivity index (χ3v) is 3.17. The van der Waals surface area contributed by atoms with Gasteiger partial charge in [-0.25, -0.2) is 0 Å². The minimum atomic E-state index is -0.675. The zero-order chi connectivity index (χ0) is 16.4.